The fraction of sp³-hybridized carbons (Fsp3) is 0.583. The number of hydrogen-bond donors (Lipinski definition) is 1. The monoisotopic (exact) mass is 319 g/mol. The number of rotatable bonds is 4. The van der Waals surface area contributed by atoms with Crippen molar-refractivity contribution in [2.45, 2.75) is 19.1 Å². The summed E-state index contributed by atoms with van der Waals surface area (Å²) in [5.74, 6) is 0.898. The summed E-state index contributed by atoms with van der Waals surface area (Å²) in [5, 5.41) is -0.0851. The van der Waals surface area contributed by atoms with Crippen LogP contribution in [0, 0.1) is 0 Å². The molecular formula is C12H18ClN3O3S. The van der Waals surface area contributed by atoms with E-state index in [9.17, 15) is 8.42 Å². The summed E-state index contributed by atoms with van der Waals surface area (Å²) in [6.45, 7) is 5.89. The van der Waals surface area contributed by atoms with Crippen LogP contribution in [0.3, 0.4) is 0 Å². The molecule has 1 fully saturated rings. The zero-order valence-corrected chi connectivity index (χ0v) is 13.0. The van der Waals surface area contributed by atoms with Crippen molar-refractivity contribution in [3.8, 4) is 0 Å². The van der Waals surface area contributed by atoms with E-state index in [1.54, 1.807) is 19.9 Å². The third-order valence-electron chi connectivity index (χ3n) is 2.98. The molecule has 0 saturated carbocycles. The van der Waals surface area contributed by atoms with Crippen LogP contribution in [0.15, 0.2) is 12.1 Å². The number of aromatic nitrogens is 1. The van der Waals surface area contributed by atoms with Gasteiger partial charge in [-0.3, -0.25) is 4.72 Å². The van der Waals surface area contributed by atoms with Crippen molar-refractivity contribution in [2.24, 2.45) is 0 Å². The Morgan fingerprint density at radius 1 is 1.35 bits per heavy atom. The SMILES string of the molecule is CC(C)S(=O)(=O)Nc1cc(Cl)cc(N2CCOCC2)n1. The molecule has 0 aliphatic carbocycles. The molecule has 0 atom stereocenters. The average molecular weight is 320 g/mol. The van der Waals surface area contributed by atoms with E-state index < -0.39 is 15.3 Å². The Hall–Kier alpha value is -1.05. The minimum atomic E-state index is -3.43. The number of hydrogen-bond acceptors (Lipinski definition) is 5. The highest BCUT2D eigenvalue weighted by Gasteiger charge is 2.18. The molecule has 0 bridgehead atoms. The van der Waals surface area contributed by atoms with Crippen LogP contribution in [0.5, 0.6) is 0 Å². The van der Waals surface area contributed by atoms with E-state index in [-0.39, 0.29) is 5.82 Å². The van der Waals surface area contributed by atoms with Crippen LogP contribution in [0.2, 0.25) is 5.02 Å². The number of sulfonamides is 1. The highest BCUT2D eigenvalue weighted by Crippen LogP contribution is 2.23. The van der Waals surface area contributed by atoms with Gasteiger partial charge in [0, 0.05) is 24.2 Å². The largest absolute Gasteiger partial charge is 0.378 e. The van der Waals surface area contributed by atoms with Gasteiger partial charge in [-0.25, -0.2) is 13.4 Å². The normalized spacial score (nSPS) is 16.5. The minimum absolute atomic E-state index is 0.243. The molecule has 112 valence electrons. The maximum absolute atomic E-state index is 11.9. The number of anilines is 2. The molecule has 0 amide bonds. The molecule has 0 aromatic carbocycles. The van der Waals surface area contributed by atoms with Crippen LogP contribution in [-0.2, 0) is 14.8 Å². The summed E-state index contributed by atoms with van der Waals surface area (Å²) in [7, 11) is -3.43. The fourth-order valence-electron chi connectivity index (χ4n) is 1.75. The van der Waals surface area contributed by atoms with E-state index in [0.717, 1.165) is 0 Å². The molecule has 1 saturated heterocycles. The molecule has 20 heavy (non-hydrogen) atoms. The molecule has 1 aliphatic heterocycles. The molecule has 1 N–H and O–H groups in total. The Morgan fingerprint density at radius 2 is 2.00 bits per heavy atom. The van der Waals surface area contributed by atoms with Gasteiger partial charge in [-0.15, -0.1) is 0 Å². The summed E-state index contributed by atoms with van der Waals surface area (Å²) in [6, 6.07) is 3.23. The first-order valence-electron chi connectivity index (χ1n) is 6.40. The van der Waals surface area contributed by atoms with Crippen LogP contribution >= 0.6 is 11.6 Å². The lowest BCUT2D eigenvalue weighted by molar-refractivity contribution is 0.122. The Balaban J connectivity index is 2.24. The summed E-state index contributed by atoms with van der Waals surface area (Å²) in [4.78, 5) is 6.34. The Morgan fingerprint density at radius 3 is 2.60 bits per heavy atom. The first-order valence-corrected chi connectivity index (χ1v) is 8.33. The van der Waals surface area contributed by atoms with Crippen molar-refractivity contribution in [3.05, 3.63) is 17.2 Å². The number of halogens is 1. The summed E-state index contributed by atoms with van der Waals surface area (Å²) < 4.78 is 31.5. The Labute approximate surface area is 124 Å². The Bertz CT molecular complexity index is 571. The molecule has 1 aliphatic rings. The lowest BCUT2D eigenvalue weighted by Crippen LogP contribution is -2.36. The molecule has 1 aromatic heterocycles. The molecule has 2 rings (SSSR count). The summed E-state index contributed by atoms with van der Waals surface area (Å²) in [5.41, 5.74) is 0. The third-order valence-corrected chi connectivity index (χ3v) is 4.93. The van der Waals surface area contributed by atoms with Gasteiger partial charge in [0.2, 0.25) is 10.0 Å². The average Bonchev–Trinajstić information content (AvgIpc) is 2.38. The number of nitrogens with zero attached hydrogens (tertiary/aromatic N) is 2. The van der Waals surface area contributed by atoms with Gasteiger partial charge in [0.15, 0.2) is 0 Å². The standard InChI is InChI=1S/C12H18ClN3O3S/c1-9(2)20(17,18)15-11-7-10(13)8-12(14-11)16-3-5-19-6-4-16/h7-9H,3-6H2,1-2H3,(H,14,15). The van der Waals surface area contributed by atoms with Crippen molar-refractivity contribution < 1.29 is 13.2 Å². The van der Waals surface area contributed by atoms with Gasteiger partial charge in [-0.1, -0.05) is 11.6 Å². The molecule has 1 aromatic rings. The Kier molecular flexibility index (Phi) is 4.72. The van der Waals surface area contributed by atoms with Crippen LogP contribution in [-0.4, -0.2) is 45.0 Å². The number of pyridine rings is 1. The second kappa shape index (κ2) is 6.15. The zero-order chi connectivity index (χ0) is 14.8. The molecule has 2 heterocycles. The molecule has 6 nitrogen and oxygen atoms in total. The molecule has 0 unspecified atom stereocenters. The van der Waals surface area contributed by atoms with Gasteiger partial charge in [0.25, 0.3) is 0 Å². The second-order valence-electron chi connectivity index (χ2n) is 4.82. The smallest absolute Gasteiger partial charge is 0.236 e. The van der Waals surface area contributed by atoms with Gasteiger partial charge < -0.3 is 9.64 Å². The third kappa shape index (κ3) is 3.74. The molecule has 0 radical (unpaired) electrons. The van der Waals surface area contributed by atoms with Gasteiger partial charge in [0.05, 0.1) is 18.5 Å². The predicted molar refractivity (Wildman–Crippen MR) is 80.0 cm³/mol. The molecule has 0 spiro atoms. The van der Waals surface area contributed by atoms with Crippen molar-refractivity contribution in [1.82, 2.24) is 4.98 Å². The van der Waals surface area contributed by atoms with E-state index in [1.165, 1.54) is 6.07 Å². The van der Waals surface area contributed by atoms with E-state index in [2.05, 4.69) is 9.71 Å². The van der Waals surface area contributed by atoms with E-state index in [4.69, 9.17) is 16.3 Å². The summed E-state index contributed by atoms with van der Waals surface area (Å²) in [6.07, 6.45) is 0. The van der Waals surface area contributed by atoms with Gasteiger partial charge in [-0.2, -0.15) is 0 Å². The lowest BCUT2D eigenvalue weighted by Gasteiger charge is -2.28. The highest BCUT2D eigenvalue weighted by atomic mass is 35.5. The first-order chi connectivity index (χ1) is 9.38. The van der Waals surface area contributed by atoms with Gasteiger partial charge in [-0.05, 0) is 19.9 Å². The zero-order valence-electron chi connectivity index (χ0n) is 11.5. The fourth-order valence-corrected chi connectivity index (χ4v) is 2.59. The molecular weight excluding hydrogens is 302 g/mol. The second-order valence-corrected chi connectivity index (χ2v) is 7.50. The quantitative estimate of drug-likeness (QED) is 0.915. The van der Waals surface area contributed by atoms with Crippen LogP contribution in [0.4, 0.5) is 11.6 Å². The first kappa shape index (κ1) is 15.3. The minimum Gasteiger partial charge on any atom is -0.378 e. The predicted octanol–water partition coefficient (Wildman–Crippen LogP) is 1.72. The van der Waals surface area contributed by atoms with Gasteiger partial charge in [0.1, 0.15) is 11.6 Å². The van der Waals surface area contributed by atoms with Crippen LogP contribution in [0.1, 0.15) is 13.8 Å². The van der Waals surface area contributed by atoms with E-state index >= 15 is 0 Å². The topological polar surface area (TPSA) is 71.5 Å². The number of morpholine rings is 1. The highest BCUT2D eigenvalue weighted by molar-refractivity contribution is 7.93. The maximum atomic E-state index is 11.9. The van der Waals surface area contributed by atoms with Crippen molar-refractivity contribution >= 4 is 33.3 Å². The molecule has 8 heteroatoms. The van der Waals surface area contributed by atoms with E-state index in [0.29, 0.717) is 37.1 Å². The lowest BCUT2D eigenvalue weighted by atomic mass is 10.3. The van der Waals surface area contributed by atoms with Gasteiger partial charge >= 0.3 is 0 Å². The number of ether oxygens (including phenoxy) is 1. The van der Waals surface area contributed by atoms with Crippen LogP contribution < -0.4 is 9.62 Å². The van der Waals surface area contributed by atoms with Crippen molar-refractivity contribution in [1.29, 1.82) is 0 Å². The number of nitrogens with one attached hydrogen (secondary N) is 1. The van der Waals surface area contributed by atoms with Crippen molar-refractivity contribution in [3.63, 3.8) is 0 Å². The maximum Gasteiger partial charge on any atom is 0.236 e. The summed E-state index contributed by atoms with van der Waals surface area (Å²) >= 11 is 6.04. The van der Waals surface area contributed by atoms with Crippen LogP contribution in [0.25, 0.3) is 0 Å². The van der Waals surface area contributed by atoms with Crippen molar-refractivity contribution in [2.75, 3.05) is 35.9 Å². The van der Waals surface area contributed by atoms with E-state index in [1.807, 2.05) is 4.90 Å².